The van der Waals surface area contributed by atoms with Gasteiger partial charge < -0.3 is 16.3 Å². The van der Waals surface area contributed by atoms with E-state index < -0.39 is 5.97 Å². The van der Waals surface area contributed by atoms with Gasteiger partial charge in [-0.2, -0.15) is 0 Å². The van der Waals surface area contributed by atoms with Gasteiger partial charge in [-0.1, -0.05) is 30.3 Å². The van der Waals surface area contributed by atoms with Crippen LogP contribution >= 0.6 is 11.8 Å². The highest BCUT2D eigenvalue weighted by atomic mass is 32.2. The molecule has 0 fully saturated rings. The van der Waals surface area contributed by atoms with Crippen LogP contribution in [0.4, 0.5) is 0 Å². The molecule has 1 aromatic rings. The van der Waals surface area contributed by atoms with Crippen LogP contribution in [0.25, 0.3) is 0 Å². The average molecular weight is 239 g/mol. The summed E-state index contributed by atoms with van der Waals surface area (Å²) in [5, 5.41) is 8.95. The Hall–Kier alpha value is -1.66. The van der Waals surface area contributed by atoms with Crippen molar-refractivity contribution < 1.29 is 9.90 Å². The van der Waals surface area contributed by atoms with E-state index in [1.54, 1.807) is 0 Å². The minimum atomic E-state index is -1.19. The van der Waals surface area contributed by atoms with Gasteiger partial charge in [0.25, 0.3) is 0 Å². The second kappa shape index (κ2) is 6.04. The molecule has 1 rings (SSSR count). The Kier molecular flexibility index (Phi) is 4.68. The maximum absolute atomic E-state index is 10.6. The molecule has 5 nitrogen and oxygen atoms in total. The lowest BCUT2D eigenvalue weighted by Gasteiger charge is -2.08. The SMILES string of the molecule is NN/C(SCc1ccccc1)=C(\N)C(=O)O. The zero-order valence-electron chi connectivity index (χ0n) is 8.51. The van der Waals surface area contributed by atoms with Gasteiger partial charge in [0.1, 0.15) is 10.7 Å². The third kappa shape index (κ3) is 3.48. The number of rotatable bonds is 5. The van der Waals surface area contributed by atoms with Crippen molar-refractivity contribution >= 4 is 17.7 Å². The van der Waals surface area contributed by atoms with Crippen LogP contribution in [0.2, 0.25) is 0 Å². The topological polar surface area (TPSA) is 101 Å². The van der Waals surface area contributed by atoms with Crippen LogP contribution in [-0.2, 0) is 10.5 Å². The molecular weight excluding hydrogens is 226 g/mol. The molecule has 0 saturated heterocycles. The molecule has 0 radical (unpaired) electrons. The van der Waals surface area contributed by atoms with Crippen molar-refractivity contribution in [2.75, 3.05) is 0 Å². The third-order valence-electron chi connectivity index (χ3n) is 1.83. The molecule has 0 aromatic heterocycles. The Morgan fingerprint density at radius 2 is 2.00 bits per heavy atom. The summed E-state index contributed by atoms with van der Waals surface area (Å²) in [6.07, 6.45) is 0. The minimum absolute atomic E-state index is 0.261. The van der Waals surface area contributed by atoms with Gasteiger partial charge in [0.15, 0.2) is 0 Å². The van der Waals surface area contributed by atoms with Crippen molar-refractivity contribution in [2.24, 2.45) is 11.6 Å². The molecule has 0 spiro atoms. The summed E-state index contributed by atoms with van der Waals surface area (Å²) < 4.78 is 0. The zero-order valence-corrected chi connectivity index (χ0v) is 9.33. The monoisotopic (exact) mass is 239 g/mol. The van der Waals surface area contributed by atoms with Crippen molar-refractivity contribution in [1.29, 1.82) is 0 Å². The highest BCUT2D eigenvalue weighted by Crippen LogP contribution is 2.19. The fourth-order valence-corrected chi connectivity index (χ4v) is 1.85. The minimum Gasteiger partial charge on any atom is -0.477 e. The summed E-state index contributed by atoms with van der Waals surface area (Å²) in [5.74, 6) is 4.62. The molecule has 86 valence electrons. The van der Waals surface area contributed by atoms with Gasteiger partial charge in [0, 0.05) is 5.75 Å². The van der Waals surface area contributed by atoms with Crippen molar-refractivity contribution in [2.45, 2.75) is 5.75 Å². The van der Waals surface area contributed by atoms with Crippen LogP contribution in [0.3, 0.4) is 0 Å². The van der Waals surface area contributed by atoms with Gasteiger partial charge in [-0.15, -0.1) is 11.8 Å². The molecule has 0 bridgehead atoms. The first-order chi connectivity index (χ1) is 7.65. The van der Waals surface area contributed by atoms with Gasteiger partial charge in [-0.25, -0.2) is 10.6 Å². The Morgan fingerprint density at radius 3 is 2.50 bits per heavy atom. The number of nitrogens with two attached hydrogens (primary N) is 2. The summed E-state index contributed by atoms with van der Waals surface area (Å²) in [4.78, 5) is 10.6. The number of hydrogen-bond donors (Lipinski definition) is 4. The highest BCUT2D eigenvalue weighted by molar-refractivity contribution is 8.02. The Labute approximate surface area is 97.5 Å². The molecule has 0 aliphatic carbocycles. The van der Waals surface area contributed by atoms with Gasteiger partial charge >= 0.3 is 5.97 Å². The summed E-state index contributed by atoms with van der Waals surface area (Å²) in [6, 6.07) is 9.62. The van der Waals surface area contributed by atoms with E-state index in [9.17, 15) is 4.79 Å². The summed E-state index contributed by atoms with van der Waals surface area (Å²) in [7, 11) is 0. The van der Waals surface area contributed by atoms with Gasteiger partial charge in [0.2, 0.25) is 0 Å². The van der Waals surface area contributed by atoms with Gasteiger partial charge in [0.05, 0.1) is 0 Å². The first kappa shape index (κ1) is 12.4. The van der Waals surface area contributed by atoms with E-state index in [2.05, 4.69) is 5.43 Å². The maximum atomic E-state index is 10.6. The lowest BCUT2D eigenvalue weighted by molar-refractivity contribution is -0.132. The molecule has 0 aliphatic rings. The van der Waals surface area contributed by atoms with Crippen molar-refractivity contribution in [1.82, 2.24) is 5.43 Å². The highest BCUT2D eigenvalue weighted by Gasteiger charge is 2.10. The molecule has 0 atom stereocenters. The largest absolute Gasteiger partial charge is 0.477 e. The molecule has 0 heterocycles. The van der Waals surface area contributed by atoms with E-state index in [4.69, 9.17) is 16.7 Å². The number of benzene rings is 1. The molecule has 1 aromatic carbocycles. The second-order valence-corrected chi connectivity index (χ2v) is 3.95. The van der Waals surface area contributed by atoms with E-state index in [1.807, 2.05) is 30.3 Å². The Morgan fingerprint density at radius 1 is 1.38 bits per heavy atom. The van der Waals surface area contributed by atoms with Crippen LogP contribution in [0.15, 0.2) is 41.1 Å². The fourth-order valence-electron chi connectivity index (χ4n) is 1.02. The molecule has 6 N–H and O–H groups in total. The quantitative estimate of drug-likeness (QED) is 0.341. The van der Waals surface area contributed by atoms with E-state index in [1.165, 1.54) is 11.8 Å². The maximum Gasteiger partial charge on any atom is 0.354 e. The predicted molar refractivity (Wildman–Crippen MR) is 63.9 cm³/mol. The van der Waals surface area contributed by atoms with Crippen molar-refractivity contribution in [3.05, 3.63) is 46.6 Å². The number of nitrogens with one attached hydrogen (secondary N) is 1. The number of carboxylic acids is 1. The smallest absolute Gasteiger partial charge is 0.354 e. The van der Waals surface area contributed by atoms with E-state index >= 15 is 0 Å². The summed E-state index contributed by atoms with van der Waals surface area (Å²) in [6.45, 7) is 0. The standard InChI is InChI=1S/C10H13N3O2S/c11-8(10(14)15)9(13-12)16-6-7-4-2-1-3-5-7/h1-5,13H,6,11-12H2,(H,14,15)/b9-8+. The predicted octanol–water partition coefficient (Wildman–Crippen LogP) is 0.596. The summed E-state index contributed by atoms with van der Waals surface area (Å²) in [5.41, 5.74) is 8.44. The number of carbonyl (C=O) groups is 1. The van der Waals surface area contributed by atoms with Crippen LogP contribution in [0, 0.1) is 0 Å². The van der Waals surface area contributed by atoms with Gasteiger partial charge in [-0.3, -0.25) is 0 Å². The molecule has 0 aliphatic heterocycles. The molecule has 16 heavy (non-hydrogen) atoms. The van der Waals surface area contributed by atoms with E-state index in [0.717, 1.165) is 5.56 Å². The number of hydrogen-bond acceptors (Lipinski definition) is 5. The second-order valence-electron chi connectivity index (χ2n) is 2.97. The Bertz CT molecular complexity index is 392. The number of thioether (sulfide) groups is 1. The number of hydrazine groups is 1. The van der Waals surface area contributed by atoms with Crippen LogP contribution in [0.1, 0.15) is 5.56 Å². The van der Waals surface area contributed by atoms with E-state index in [-0.39, 0.29) is 10.7 Å². The van der Waals surface area contributed by atoms with E-state index in [0.29, 0.717) is 5.75 Å². The average Bonchev–Trinajstić information content (AvgIpc) is 2.30. The molecule has 6 heteroatoms. The normalized spacial score (nSPS) is 11.8. The molecule has 0 saturated carbocycles. The van der Waals surface area contributed by atoms with Crippen LogP contribution in [0.5, 0.6) is 0 Å². The Balaban J connectivity index is 2.66. The van der Waals surface area contributed by atoms with Crippen molar-refractivity contribution in [3.63, 3.8) is 0 Å². The number of aliphatic carboxylic acids is 1. The molecular formula is C10H13N3O2S. The van der Waals surface area contributed by atoms with Crippen LogP contribution in [-0.4, -0.2) is 11.1 Å². The number of carboxylic acid groups (broad SMARTS) is 1. The fraction of sp³-hybridized carbons (Fsp3) is 0.100. The molecule has 0 unspecified atom stereocenters. The first-order valence-corrected chi connectivity index (χ1v) is 5.50. The van der Waals surface area contributed by atoms with Crippen LogP contribution < -0.4 is 17.0 Å². The lowest BCUT2D eigenvalue weighted by atomic mass is 10.2. The first-order valence-electron chi connectivity index (χ1n) is 4.51. The van der Waals surface area contributed by atoms with Gasteiger partial charge in [-0.05, 0) is 5.56 Å². The zero-order chi connectivity index (χ0) is 12.0. The molecule has 0 amide bonds. The lowest BCUT2D eigenvalue weighted by Crippen LogP contribution is -2.26. The third-order valence-corrected chi connectivity index (χ3v) is 2.94. The summed E-state index contributed by atoms with van der Waals surface area (Å²) >= 11 is 1.25. The van der Waals surface area contributed by atoms with Crippen molar-refractivity contribution in [3.8, 4) is 0 Å².